The van der Waals surface area contributed by atoms with E-state index in [-0.39, 0.29) is 0 Å². The Bertz CT molecular complexity index is 537. The molecule has 170 valence electrons. The predicted molar refractivity (Wildman–Crippen MR) is 94.0 cm³/mol. The van der Waals surface area contributed by atoms with Gasteiger partial charge in [0.2, 0.25) is 11.8 Å². The average molecular weight is 426 g/mol. The fraction of sp³-hybridized carbons (Fsp3) is 0.875. The summed E-state index contributed by atoms with van der Waals surface area (Å²) in [5.41, 5.74) is 0. The van der Waals surface area contributed by atoms with Crippen molar-refractivity contribution in [1.29, 1.82) is 0 Å². The van der Waals surface area contributed by atoms with Gasteiger partial charge in [0, 0.05) is 13.8 Å². The van der Waals surface area contributed by atoms with Crippen LogP contribution in [-0.4, -0.2) is 122 Å². The molecule has 1 aliphatic heterocycles. The van der Waals surface area contributed by atoms with Gasteiger partial charge in [-0.3, -0.25) is 9.59 Å². The standard InChI is InChI=1S/C16H30N2O11/c1-6(22)17-8(3-19)15(12(25)9(24)4-20)29-16-11(18-7(2)23)14(27)13(26)10(5-21)28-16/h8-16,19-21,24-27H,3-5H2,1-2H3,(H,17,22)(H,18,23)/t8-,9+,10+,11+,12-,13+,14+,15+,16-/m0/s1. The summed E-state index contributed by atoms with van der Waals surface area (Å²) in [5.74, 6) is -1.22. The van der Waals surface area contributed by atoms with Crippen LogP contribution in [0.2, 0.25) is 0 Å². The molecule has 0 aromatic carbocycles. The molecule has 1 fully saturated rings. The molecule has 13 heteroatoms. The van der Waals surface area contributed by atoms with E-state index in [0.29, 0.717) is 0 Å². The minimum absolute atomic E-state index is 0.602. The van der Waals surface area contributed by atoms with E-state index in [2.05, 4.69) is 10.6 Å². The molecule has 0 bridgehead atoms. The third-order valence-electron chi connectivity index (χ3n) is 4.44. The lowest BCUT2D eigenvalue weighted by atomic mass is 9.96. The normalized spacial score (nSPS) is 31.4. The zero-order chi connectivity index (χ0) is 22.3. The van der Waals surface area contributed by atoms with E-state index in [9.17, 15) is 40.2 Å². The first-order valence-corrected chi connectivity index (χ1v) is 8.97. The van der Waals surface area contributed by atoms with Crippen LogP contribution < -0.4 is 10.6 Å². The van der Waals surface area contributed by atoms with Gasteiger partial charge in [-0.15, -0.1) is 0 Å². The Hall–Kier alpha value is -1.42. The molecule has 1 aliphatic rings. The molecule has 1 rings (SSSR count). The van der Waals surface area contributed by atoms with Crippen molar-refractivity contribution in [2.24, 2.45) is 0 Å². The Morgan fingerprint density at radius 2 is 1.66 bits per heavy atom. The van der Waals surface area contributed by atoms with Gasteiger partial charge in [-0.05, 0) is 0 Å². The number of ether oxygens (including phenoxy) is 2. The topological polar surface area (TPSA) is 218 Å². The summed E-state index contributed by atoms with van der Waals surface area (Å²) in [5, 5.41) is 73.1. The van der Waals surface area contributed by atoms with Gasteiger partial charge in [-0.1, -0.05) is 0 Å². The van der Waals surface area contributed by atoms with E-state index in [4.69, 9.17) is 14.6 Å². The fourth-order valence-corrected chi connectivity index (χ4v) is 2.97. The SMILES string of the molecule is CC(=O)N[C@H]1[C@H](O[C@@H]([C@@H](O)[C@H](O)CO)[C@H](CO)NC(C)=O)O[C@H](CO)[C@@H](O)[C@@H]1O. The zero-order valence-electron chi connectivity index (χ0n) is 16.1. The van der Waals surface area contributed by atoms with E-state index < -0.39 is 86.6 Å². The second-order valence-electron chi connectivity index (χ2n) is 6.76. The molecule has 0 aromatic rings. The van der Waals surface area contributed by atoms with E-state index in [1.165, 1.54) is 0 Å². The molecule has 2 amide bonds. The van der Waals surface area contributed by atoms with Crippen molar-refractivity contribution >= 4 is 11.8 Å². The quantitative estimate of drug-likeness (QED) is 0.160. The maximum absolute atomic E-state index is 11.5. The monoisotopic (exact) mass is 426 g/mol. The molecule has 29 heavy (non-hydrogen) atoms. The van der Waals surface area contributed by atoms with E-state index in [0.717, 1.165) is 13.8 Å². The molecule has 1 saturated heterocycles. The first kappa shape index (κ1) is 25.6. The van der Waals surface area contributed by atoms with Crippen LogP contribution in [0.3, 0.4) is 0 Å². The van der Waals surface area contributed by atoms with Crippen LogP contribution in [0.15, 0.2) is 0 Å². The minimum atomic E-state index is -1.83. The number of carbonyl (C=O) groups excluding carboxylic acids is 2. The lowest BCUT2D eigenvalue weighted by Crippen LogP contribution is -2.66. The number of hydrogen-bond acceptors (Lipinski definition) is 11. The number of hydrogen-bond donors (Lipinski definition) is 9. The van der Waals surface area contributed by atoms with Crippen molar-refractivity contribution < 1.29 is 54.8 Å². The van der Waals surface area contributed by atoms with Crippen molar-refractivity contribution in [2.45, 2.75) is 68.8 Å². The maximum Gasteiger partial charge on any atom is 0.217 e. The second-order valence-corrected chi connectivity index (χ2v) is 6.76. The molecule has 0 saturated carbocycles. The Morgan fingerprint density at radius 1 is 1.03 bits per heavy atom. The largest absolute Gasteiger partial charge is 0.394 e. The summed E-state index contributed by atoms with van der Waals surface area (Å²) < 4.78 is 11.0. The summed E-state index contributed by atoms with van der Waals surface area (Å²) in [6.07, 6.45) is -11.2. The van der Waals surface area contributed by atoms with Gasteiger partial charge in [0.25, 0.3) is 0 Å². The van der Waals surface area contributed by atoms with Crippen molar-refractivity contribution in [2.75, 3.05) is 19.8 Å². The highest BCUT2D eigenvalue weighted by Crippen LogP contribution is 2.25. The molecular formula is C16H30N2O11. The molecule has 1 heterocycles. The number of nitrogens with one attached hydrogen (secondary N) is 2. The minimum Gasteiger partial charge on any atom is -0.394 e. The summed E-state index contributed by atoms with van der Waals surface area (Å²) in [6.45, 7) is -0.0732. The van der Waals surface area contributed by atoms with Gasteiger partial charge in [0.1, 0.15) is 42.7 Å². The first-order valence-electron chi connectivity index (χ1n) is 8.97. The van der Waals surface area contributed by atoms with Gasteiger partial charge < -0.3 is 55.9 Å². The zero-order valence-corrected chi connectivity index (χ0v) is 16.1. The molecule has 0 unspecified atom stereocenters. The van der Waals surface area contributed by atoms with Gasteiger partial charge in [-0.25, -0.2) is 0 Å². The molecular weight excluding hydrogens is 396 g/mol. The van der Waals surface area contributed by atoms with Gasteiger partial charge >= 0.3 is 0 Å². The Balaban J connectivity index is 3.21. The highest BCUT2D eigenvalue weighted by molar-refractivity contribution is 5.73. The van der Waals surface area contributed by atoms with Crippen LogP contribution in [0.4, 0.5) is 0 Å². The van der Waals surface area contributed by atoms with Crippen molar-refractivity contribution in [3.63, 3.8) is 0 Å². The maximum atomic E-state index is 11.5. The Morgan fingerprint density at radius 3 is 2.10 bits per heavy atom. The number of carbonyl (C=O) groups is 2. The van der Waals surface area contributed by atoms with Crippen LogP contribution in [-0.2, 0) is 19.1 Å². The molecule has 0 spiro atoms. The number of aliphatic hydroxyl groups is 7. The Labute approximate surface area is 166 Å². The first-order chi connectivity index (χ1) is 13.6. The molecule has 13 nitrogen and oxygen atoms in total. The van der Waals surface area contributed by atoms with E-state index in [1.807, 2.05) is 0 Å². The number of amides is 2. The number of rotatable bonds is 10. The van der Waals surface area contributed by atoms with Crippen LogP contribution >= 0.6 is 0 Å². The fourth-order valence-electron chi connectivity index (χ4n) is 2.97. The predicted octanol–water partition coefficient (Wildman–Crippen LogP) is -5.47. The molecule has 9 N–H and O–H groups in total. The highest BCUT2D eigenvalue weighted by atomic mass is 16.7. The lowest BCUT2D eigenvalue weighted by Gasteiger charge is -2.44. The van der Waals surface area contributed by atoms with Crippen LogP contribution in [0.1, 0.15) is 13.8 Å². The molecule has 0 radical (unpaired) electrons. The van der Waals surface area contributed by atoms with Crippen molar-refractivity contribution in [1.82, 2.24) is 10.6 Å². The van der Waals surface area contributed by atoms with Crippen LogP contribution in [0.5, 0.6) is 0 Å². The van der Waals surface area contributed by atoms with Crippen LogP contribution in [0.25, 0.3) is 0 Å². The van der Waals surface area contributed by atoms with E-state index >= 15 is 0 Å². The molecule has 0 aromatic heterocycles. The summed E-state index contributed by atoms with van der Waals surface area (Å²) in [4.78, 5) is 22.9. The van der Waals surface area contributed by atoms with Crippen molar-refractivity contribution in [3.05, 3.63) is 0 Å². The Kier molecular flexibility index (Phi) is 10.3. The van der Waals surface area contributed by atoms with Gasteiger partial charge in [-0.2, -0.15) is 0 Å². The molecule has 0 aliphatic carbocycles. The smallest absolute Gasteiger partial charge is 0.217 e. The lowest BCUT2D eigenvalue weighted by molar-refractivity contribution is -0.295. The van der Waals surface area contributed by atoms with Crippen LogP contribution in [0, 0.1) is 0 Å². The second kappa shape index (κ2) is 11.7. The van der Waals surface area contributed by atoms with Crippen molar-refractivity contribution in [3.8, 4) is 0 Å². The van der Waals surface area contributed by atoms with Gasteiger partial charge in [0.15, 0.2) is 6.29 Å². The summed E-state index contributed by atoms with van der Waals surface area (Å²) in [6, 6.07) is -2.63. The molecule has 9 atom stereocenters. The highest BCUT2D eigenvalue weighted by Gasteiger charge is 2.48. The third-order valence-corrected chi connectivity index (χ3v) is 4.44. The summed E-state index contributed by atoms with van der Waals surface area (Å²) in [7, 11) is 0. The number of aliphatic hydroxyl groups excluding tert-OH is 7. The third kappa shape index (κ3) is 6.80. The van der Waals surface area contributed by atoms with E-state index in [1.54, 1.807) is 0 Å². The average Bonchev–Trinajstić information content (AvgIpc) is 2.67. The summed E-state index contributed by atoms with van der Waals surface area (Å²) >= 11 is 0. The van der Waals surface area contributed by atoms with Gasteiger partial charge in [0.05, 0.1) is 25.9 Å².